The number of rotatable bonds is 5. The van der Waals surface area contributed by atoms with Crippen molar-refractivity contribution in [1.29, 1.82) is 0 Å². The molecule has 0 aliphatic carbocycles. The lowest BCUT2D eigenvalue weighted by Crippen LogP contribution is -2.47. The van der Waals surface area contributed by atoms with Gasteiger partial charge in [0.2, 0.25) is 11.8 Å². The summed E-state index contributed by atoms with van der Waals surface area (Å²) in [7, 11) is 1.53. The number of amides is 2. The Morgan fingerprint density at radius 1 is 1.44 bits per heavy atom. The second-order valence-electron chi connectivity index (χ2n) is 4.62. The molecule has 18 heavy (non-hydrogen) atoms. The van der Waals surface area contributed by atoms with Gasteiger partial charge < -0.3 is 20.1 Å². The number of nitrogens with zero attached hydrogens (tertiary/aromatic N) is 1. The van der Waals surface area contributed by atoms with Gasteiger partial charge in [0.25, 0.3) is 0 Å². The summed E-state index contributed by atoms with van der Waals surface area (Å²) in [6.07, 6.45) is 1.35. The van der Waals surface area contributed by atoms with Crippen LogP contribution >= 0.6 is 0 Å². The number of carbonyl (C=O) groups excluding carboxylic acids is 2. The van der Waals surface area contributed by atoms with E-state index < -0.39 is 0 Å². The molecule has 104 valence electrons. The number of hydrogen-bond donors (Lipinski definition) is 2. The molecule has 1 atom stereocenters. The summed E-state index contributed by atoms with van der Waals surface area (Å²) in [5.41, 5.74) is 0. The Hall–Kier alpha value is -1.14. The highest BCUT2D eigenvalue weighted by atomic mass is 16.5. The molecular weight excluding hydrogens is 236 g/mol. The van der Waals surface area contributed by atoms with Crippen molar-refractivity contribution in [2.75, 3.05) is 33.4 Å². The molecule has 1 saturated heterocycles. The molecule has 2 amide bonds. The number of methoxy groups -OCH3 is 1. The average molecular weight is 258 g/mol. The summed E-state index contributed by atoms with van der Waals surface area (Å²) in [6, 6.07) is -0.353. The Morgan fingerprint density at radius 3 is 2.50 bits per heavy atom. The first-order valence-electron chi connectivity index (χ1n) is 6.24. The molecule has 2 N–H and O–H groups in total. The minimum absolute atomic E-state index is 0.0569. The molecule has 1 fully saturated rings. The number of hydrogen-bond acceptors (Lipinski definition) is 4. The SMILES string of the molecule is COCC(CO)NC(=O)C1CCN(C(C)=O)CC1. The van der Waals surface area contributed by atoms with E-state index in [4.69, 9.17) is 9.84 Å². The van der Waals surface area contributed by atoms with Crippen LogP contribution in [0.5, 0.6) is 0 Å². The van der Waals surface area contributed by atoms with Crippen molar-refractivity contribution in [3.05, 3.63) is 0 Å². The van der Waals surface area contributed by atoms with E-state index in [1.807, 2.05) is 0 Å². The number of nitrogens with one attached hydrogen (secondary N) is 1. The molecule has 1 heterocycles. The average Bonchev–Trinajstić information content (AvgIpc) is 2.38. The Bertz CT molecular complexity index is 288. The molecule has 1 aliphatic rings. The van der Waals surface area contributed by atoms with Gasteiger partial charge >= 0.3 is 0 Å². The second-order valence-corrected chi connectivity index (χ2v) is 4.62. The lowest BCUT2D eigenvalue weighted by Gasteiger charge is -2.31. The molecule has 0 aromatic rings. The first kappa shape index (κ1) is 14.9. The zero-order valence-electron chi connectivity index (χ0n) is 11.0. The van der Waals surface area contributed by atoms with Gasteiger partial charge in [0.15, 0.2) is 0 Å². The van der Waals surface area contributed by atoms with Gasteiger partial charge in [-0.05, 0) is 12.8 Å². The van der Waals surface area contributed by atoms with Crippen LogP contribution in [0.1, 0.15) is 19.8 Å². The molecule has 0 aromatic heterocycles. The smallest absolute Gasteiger partial charge is 0.223 e. The molecule has 0 saturated carbocycles. The third kappa shape index (κ3) is 4.27. The second kappa shape index (κ2) is 7.33. The van der Waals surface area contributed by atoms with Crippen LogP contribution in [-0.4, -0.2) is 61.3 Å². The van der Waals surface area contributed by atoms with Crippen LogP contribution in [0.25, 0.3) is 0 Å². The number of piperidine rings is 1. The Labute approximate surface area is 107 Å². The number of likely N-dealkylation sites (tertiary alicyclic amines) is 1. The van der Waals surface area contributed by atoms with Crippen LogP contribution in [0, 0.1) is 5.92 Å². The van der Waals surface area contributed by atoms with Gasteiger partial charge in [-0.2, -0.15) is 0 Å². The third-order valence-corrected chi connectivity index (χ3v) is 3.25. The molecule has 0 spiro atoms. The van der Waals surface area contributed by atoms with E-state index in [9.17, 15) is 9.59 Å². The Morgan fingerprint density at radius 2 is 2.06 bits per heavy atom. The zero-order chi connectivity index (χ0) is 13.5. The van der Waals surface area contributed by atoms with Gasteiger partial charge in [-0.15, -0.1) is 0 Å². The molecule has 0 radical (unpaired) electrons. The largest absolute Gasteiger partial charge is 0.394 e. The van der Waals surface area contributed by atoms with E-state index in [-0.39, 0.29) is 30.4 Å². The molecule has 1 unspecified atom stereocenters. The predicted molar refractivity (Wildman–Crippen MR) is 65.9 cm³/mol. The highest BCUT2D eigenvalue weighted by Crippen LogP contribution is 2.17. The van der Waals surface area contributed by atoms with Crippen LogP contribution < -0.4 is 5.32 Å². The van der Waals surface area contributed by atoms with Gasteiger partial charge in [-0.25, -0.2) is 0 Å². The van der Waals surface area contributed by atoms with E-state index in [0.29, 0.717) is 32.5 Å². The van der Waals surface area contributed by atoms with Crippen molar-refractivity contribution in [3.8, 4) is 0 Å². The fourth-order valence-electron chi connectivity index (χ4n) is 2.12. The minimum atomic E-state index is -0.353. The summed E-state index contributed by atoms with van der Waals surface area (Å²) < 4.78 is 4.90. The van der Waals surface area contributed by atoms with E-state index in [2.05, 4.69) is 5.32 Å². The molecule has 0 aromatic carbocycles. The summed E-state index contributed by atoms with van der Waals surface area (Å²) in [6.45, 7) is 2.96. The number of ether oxygens (including phenoxy) is 1. The van der Waals surface area contributed by atoms with Crippen LogP contribution in [0.15, 0.2) is 0 Å². The van der Waals surface area contributed by atoms with Crippen molar-refractivity contribution < 1.29 is 19.4 Å². The summed E-state index contributed by atoms with van der Waals surface area (Å²) in [5.74, 6) is -0.0812. The number of aliphatic hydroxyl groups is 1. The fourth-order valence-corrected chi connectivity index (χ4v) is 2.12. The maximum absolute atomic E-state index is 11.9. The lowest BCUT2D eigenvalue weighted by molar-refractivity contribution is -0.134. The van der Waals surface area contributed by atoms with E-state index >= 15 is 0 Å². The van der Waals surface area contributed by atoms with Gasteiger partial charge in [-0.3, -0.25) is 9.59 Å². The highest BCUT2D eigenvalue weighted by molar-refractivity contribution is 5.79. The van der Waals surface area contributed by atoms with Gasteiger partial charge in [0, 0.05) is 33.0 Å². The monoisotopic (exact) mass is 258 g/mol. The summed E-state index contributed by atoms with van der Waals surface area (Å²) >= 11 is 0. The normalized spacial score (nSPS) is 18.5. The van der Waals surface area contributed by atoms with Crippen LogP contribution in [-0.2, 0) is 14.3 Å². The van der Waals surface area contributed by atoms with Crippen molar-refractivity contribution >= 4 is 11.8 Å². The molecule has 1 aliphatic heterocycles. The topological polar surface area (TPSA) is 78.9 Å². The van der Waals surface area contributed by atoms with Crippen LogP contribution in [0.3, 0.4) is 0 Å². The lowest BCUT2D eigenvalue weighted by atomic mass is 9.95. The van der Waals surface area contributed by atoms with Crippen molar-refractivity contribution in [1.82, 2.24) is 10.2 Å². The minimum Gasteiger partial charge on any atom is -0.394 e. The van der Waals surface area contributed by atoms with Crippen molar-refractivity contribution in [3.63, 3.8) is 0 Å². The summed E-state index contributed by atoms with van der Waals surface area (Å²) in [4.78, 5) is 24.9. The van der Waals surface area contributed by atoms with E-state index in [1.165, 1.54) is 7.11 Å². The van der Waals surface area contributed by atoms with E-state index in [1.54, 1.807) is 11.8 Å². The van der Waals surface area contributed by atoms with Gasteiger partial charge in [-0.1, -0.05) is 0 Å². The van der Waals surface area contributed by atoms with Crippen molar-refractivity contribution in [2.24, 2.45) is 5.92 Å². The molecule has 6 heteroatoms. The summed E-state index contributed by atoms with van der Waals surface area (Å²) in [5, 5.41) is 11.8. The molecular formula is C12H22N2O4. The van der Waals surface area contributed by atoms with Gasteiger partial charge in [0.1, 0.15) is 0 Å². The van der Waals surface area contributed by atoms with Gasteiger partial charge in [0.05, 0.1) is 19.3 Å². The first-order valence-corrected chi connectivity index (χ1v) is 6.24. The molecule has 1 rings (SSSR count). The molecule has 6 nitrogen and oxygen atoms in total. The Balaban J connectivity index is 2.37. The quantitative estimate of drug-likeness (QED) is 0.688. The number of aliphatic hydroxyl groups excluding tert-OH is 1. The van der Waals surface area contributed by atoms with Crippen molar-refractivity contribution in [2.45, 2.75) is 25.8 Å². The maximum Gasteiger partial charge on any atom is 0.223 e. The maximum atomic E-state index is 11.9. The first-order chi connectivity index (χ1) is 8.58. The Kier molecular flexibility index (Phi) is 6.07. The third-order valence-electron chi connectivity index (χ3n) is 3.25. The number of carbonyl (C=O) groups is 2. The molecule has 0 bridgehead atoms. The standard InChI is InChI=1S/C12H22N2O4/c1-9(16)14-5-3-10(4-6-14)12(17)13-11(7-15)8-18-2/h10-11,15H,3-8H2,1-2H3,(H,13,17). The van der Waals surface area contributed by atoms with Crippen LogP contribution in [0.2, 0.25) is 0 Å². The zero-order valence-corrected chi connectivity index (χ0v) is 11.0. The predicted octanol–water partition coefficient (Wildman–Crippen LogP) is -0.632. The fraction of sp³-hybridized carbons (Fsp3) is 0.833. The van der Waals surface area contributed by atoms with E-state index in [0.717, 1.165) is 0 Å². The highest BCUT2D eigenvalue weighted by Gasteiger charge is 2.27. The van der Waals surface area contributed by atoms with Crippen LogP contribution in [0.4, 0.5) is 0 Å².